The van der Waals surface area contributed by atoms with E-state index in [4.69, 9.17) is 0 Å². The second-order valence-electron chi connectivity index (χ2n) is 14.3. The largest absolute Gasteiger partial charge is 0.147 e. The van der Waals surface area contributed by atoms with E-state index in [0.29, 0.717) is 11.3 Å². The van der Waals surface area contributed by atoms with Gasteiger partial charge in [0.2, 0.25) is 0 Å². The SMILES string of the molecule is CC(C)(C)c1c[c-]c2c(c1)-c1cc(C(C)(C)C)ccc1C2.CC1[C-]=CC(C(C)(C)C)=C1.C[C](=[Zr+2])c1ccccc1.Cl.Cl. The van der Waals surface area contributed by atoms with Crippen molar-refractivity contribution in [1.82, 2.24) is 0 Å². The number of benzene rings is 3. The summed E-state index contributed by atoms with van der Waals surface area (Å²) >= 11 is 1.51. The van der Waals surface area contributed by atoms with Crippen molar-refractivity contribution in [3.05, 3.63) is 118 Å². The van der Waals surface area contributed by atoms with Gasteiger partial charge in [-0.05, 0) is 17.4 Å². The zero-order valence-electron chi connectivity index (χ0n) is 27.5. The predicted molar refractivity (Wildman–Crippen MR) is 186 cm³/mol. The zero-order chi connectivity index (χ0) is 29.9. The summed E-state index contributed by atoms with van der Waals surface area (Å²) in [7, 11) is 0. The monoisotopic (exact) mass is 678 g/mol. The van der Waals surface area contributed by atoms with Gasteiger partial charge in [-0.1, -0.05) is 115 Å². The zero-order valence-corrected chi connectivity index (χ0v) is 31.6. The molecule has 0 bridgehead atoms. The molecule has 5 rings (SSSR count). The van der Waals surface area contributed by atoms with Crippen LogP contribution in [-0.4, -0.2) is 3.21 Å². The van der Waals surface area contributed by atoms with Gasteiger partial charge >= 0.3 is 70.3 Å². The Morgan fingerprint density at radius 1 is 0.762 bits per heavy atom. The molecule has 3 aromatic carbocycles. The minimum Gasteiger partial charge on any atom is -0.147 e. The molecule has 3 aromatic rings. The molecule has 0 saturated heterocycles. The molecule has 2 aliphatic rings. The van der Waals surface area contributed by atoms with Crippen LogP contribution >= 0.6 is 24.8 Å². The summed E-state index contributed by atoms with van der Waals surface area (Å²) in [5, 5.41) is 0. The number of hydrogen-bond donors (Lipinski definition) is 0. The molecule has 0 fully saturated rings. The van der Waals surface area contributed by atoms with E-state index in [2.05, 4.69) is 155 Å². The molecular weight excluding hydrogens is 631 g/mol. The Labute approximate surface area is 284 Å². The quantitative estimate of drug-likeness (QED) is 0.176. The second kappa shape index (κ2) is 15.5. The van der Waals surface area contributed by atoms with Crippen molar-refractivity contribution >= 4 is 28.0 Å². The van der Waals surface area contributed by atoms with Crippen LogP contribution in [-0.2, 0) is 41.5 Å². The molecule has 0 amide bonds. The summed E-state index contributed by atoms with van der Waals surface area (Å²) in [4.78, 5) is 0. The predicted octanol–water partition coefficient (Wildman–Crippen LogP) is 11.2. The van der Waals surface area contributed by atoms with Gasteiger partial charge in [-0.15, -0.1) is 30.4 Å². The molecular formula is C39H50Cl2Zr. The maximum Gasteiger partial charge on any atom is -0.147 e. The Balaban J connectivity index is 0.000000353. The third kappa shape index (κ3) is 10.6. The van der Waals surface area contributed by atoms with E-state index in [1.165, 1.54) is 72.0 Å². The van der Waals surface area contributed by atoms with E-state index in [-0.39, 0.29) is 35.6 Å². The Kier molecular flexibility index (Phi) is 14.2. The molecule has 1 atom stereocenters. The van der Waals surface area contributed by atoms with Gasteiger partial charge in [0.05, 0.1) is 0 Å². The molecule has 0 heterocycles. The van der Waals surface area contributed by atoms with Crippen LogP contribution in [0.15, 0.2) is 78.4 Å². The molecule has 0 radical (unpaired) electrons. The summed E-state index contributed by atoms with van der Waals surface area (Å²) in [6.07, 6.45) is 8.68. The minimum atomic E-state index is 0. The summed E-state index contributed by atoms with van der Waals surface area (Å²) in [6, 6.07) is 25.5. The molecule has 0 aromatic heterocycles. The number of fused-ring (bicyclic) bond motifs is 3. The van der Waals surface area contributed by atoms with Gasteiger partial charge in [-0.2, -0.15) is 41.0 Å². The van der Waals surface area contributed by atoms with Crippen molar-refractivity contribution in [2.45, 2.75) is 93.4 Å². The van der Waals surface area contributed by atoms with Crippen LogP contribution in [0, 0.1) is 23.5 Å². The van der Waals surface area contributed by atoms with Crippen LogP contribution in [0.2, 0.25) is 0 Å². The summed E-state index contributed by atoms with van der Waals surface area (Å²) in [6.45, 7) is 24.7. The van der Waals surface area contributed by atoms with Gasteiger partial charge in [-0.3, -0.25) is 6.08 Å². The van der Waals surface area contributed by atoms with Gasteiger partial charge in [0.25, 0.3) is 0 Å². The minimum absolute atomic E-state index is 0. The molecule has 0 saturated carbocycles. The van der Waals surface area contributed by atoms with E-state index in [1.54, 1.807) is 0 Å². The maximum absolute atomic E-state index is 3.53. The molecule has 0 N–H and O–H groups in total. The molecule has 0 nitrogen and oxygen atoms in total. The first-order valence-electron chi connectivity index (χ1n) is 14.6. The van der Waals surface area contributed by atoms with E-state index < -0.39 is 0 Å². The molecule has 1 unspecified atom stereocenters. The molecule has 224 valence electrons. The second-order valence-corrected chi connectivity index (χ2v) is 16.1. The molecule has 42 heavy (non-hydrogen) atoms. The van der Waals surface area contributed by atoms with Crippen LogP contribution in [0.1, 0.15) is 104 Å². The van der Waals surface area contributed by atoms with Gasteiger partial charge < -0.3 is 0 Å². The topological polar surface area (TPSA) is 0 Å². The third-order valence-electron chi connectivity index (χ3n) is 7.53. The van der Waals surface area contributed by atoms with E-state index in [9.17, 15) is 0 Å². The molecule has 0 aliphatic heterocycles. The summed E-state index contributed by atoms with van der Waals surface area (Å²) in [5.41, 5.74) is 11.9. The average molecular weight is 681 g/mol. The molecule has 2 aliphatic carbocycles. The van der Waals surface area contributed by atoms with Crippen molar-refractivity contribution in [3.63, 3.8) is 0 Å². The first-order chi connectivity index (χ1) is 18.5. The van der Waals surface area contributed by atoms with Crippen molar-refractivity contribution in [2.24, 2.45) is 11.3 Å². The fourth-order valence-corrected chi connectivity index (χ4v) is 5.14. The Hall–Kier alpha value is -1.53. The van der Waals surface area contributed by atoms with E-state index >= 15 is 0 Å². The molecule has 3 heteroatoms. The summed E-state index contributed by atoms with van der Waals surface area (Å²) in [5.74, 6) is 0.522. The fraction of sp³-hybridized carbons (Fsp3) is 0.410. The Bertz CT molecular complexity index is 1330. The molecule has 0 spiro atoms. The van der Waals surface area contributed by atoms with Crippen molar-refractivity contribution in [3.8, 4) is 11.1 Å². The van der Waals surface area contributed by atoms with Gasteiger partial charge in [0.15, 0.2) is 0 Å². The van der Waals surface area contributed by atoms with Crippen molar-refractivity contribution in [2.75, 3.05) is 0 Å². The maximum atomic E-state index is 3.53. The first kappa shape index (κ1) is 38.5. The van der Waals surface area contributed by atoms with Gasteiger partial charge in [0.1, 0.15) is 0 Å². The van der Waals surface area contributed by atoms with E-state index in [0.717, 1.165) is 6.42 Å². The van der Waals surface area contributed by atoms with Gasteiger partial charge in [-0.25, -0.2) is 6.08 Å². The number of halogens is 2. The van der Waals surface area contributed by atoms with Crippen LogP contribution in [0.4, 0.5) is 0 Å². The third-order valence-corrected chi connectivity index (χ3v) is 8.24. The van der Waals surface area contributed by atoms with Crippen LogP contribution < -0.4 is 0 Å². The van der Waals surface area contributed by atoms with Crippen molar-refractivity contribution in [1.29, 1.82) is 0 Å². The number of allylic oxidation sites excluding steroid dienone is 4. The smallest absolute Gasteiger partial charge is 0.147 e. The van der Waals surface area contributed by atoms with Crippen LogP contribution in [0.25, 0.3) is 11.1 Å². The number of hydrogen-bond acceptors (Lipinski definition) is 0. The van der Waals surface area contributed by atoms with Crippen molar-refractivity contribution < 1.29 is 24.2 Å². The van der Waals surface area contributed by atoms with Gasteiger partial charge in [0, 0.05) is 0 Å². The van der Waals surface area contributed by atoms with E-state index in [1.807, 2.05) is 6.07 Å². The summed E-state index contributed by atoms with van der Waals surface area (Å²) < 4.78 is 1.46. The first-order valence-corrected chi connectivity index (χ1v) is 15.8. The van der Waals surface area contributed by atoms with Crippen LogP contribution in [0.5, 0.6) is 0 Å². The average Bonchev–Trinajstić information content (AvgIpc) is 3.47. The van der Waals surface area contributed by atoms with Crippen LogP contribution in [0.3, 0.4) is 0 Å². The Morgan fingerprint density at radius 3 is 1.76 bits per heavy atom. The Morgan fingerprint density at radius 2 is 1.33 bits per heavy atom. The normalized spacial score (nSPS) is 15.0. The fourth-order valence-electron chi connectivity index (χ4n) is 4.73. The standard InChI is InChI=1S/C21H25.C10H15.C8H8.2ClH.Zr/c1-20(2,3)16-9-7-14-11-15-8-10-17(21(4,5)6)13-19(15)18(14)12-16;1-8-5-6-9(7-8)10(2,3)4;1-2-8-6-4-3-5-7-8;;;/h7,9-10,12-13H,11H2,1-6H3;6-8H,1-4H3;3-7H,1H3;2*1H;/q2*-1;;;;+2. The number of rotatable bonds is 1.